The van der Waals surface area contributed by atoms with Crippen LogP contribution < -0.4 is 10.1 Å². The van der Waals surface area contributed by atoms with Crippen LogP contribution in [0.15, 0.2) is 42.5 Å². The largest absolute Gasteiger partial charge is 0.496 e. The summed E-state index contributed by atoms with van der Waals surface area (Å²) in [6.07, 6.45) is 0. The Balaban J connectivity index is 2.07. The van der Waals surface area contributed by atoms with E-state index in [0.29, 0.717) is 11.7 Å². The molecule has 22 heavy (non-hydrogen) atoms. The number of rotatable bonds is 4. The van der Waals surface area contributed by atoms with Gasteiger partial charge in [0, 0.05) is 24.8 Å². The molecule has 0 spiro atoms. The molecule has 2 aromatic rings. The van der Waals surface area contributed by atoms with Crippen LogP contribution in [-0.4, -0.2) is 24.2 Å². The Morgan fingerprint density at radius 2 is 1.86 bits per heavy atom. The number of nitrogens with zero attached hydrogens (tertiary/aromatic N) is 1. The minimum atomic E-state index is 0.689. The number of methoxy groups -OCH3 is 1. The summed E-state index contributed by atoms with van der Waals surface area (Å²) in [6.45, 7) is 4.84. The molecule has 0 saturated carbocycles. The number of anilines is 1. The number of thiocarbonyl (C=S) groups is 1. The van der Waals surface area contributed by atoms with Crippen molar-refractivity contribution >= 4 is 23.0 Å². The molecule has 0 fully saturated rings. The fraction of sp³-hybridized carbons (Fsp3) is 0.278. The molecule has 0 aliphatic heterocycles. The second-order valence-electron chi connectivity index (χ2n) is 5.47. The van der Waals surface area contributed by atoms with Crippen LogP contribution in [0.5, 0.6) is 5.75 Å². The minimum Gasteiger partial charge on any atom is -0.496 e. The molecule has 2 rings (SSSR count). The van der Waals surface area contributed by atoms with Crippen LogP contribution in [0.25, 0.3) is 0 Å². The molecule has 0 aliphatic carbocycles. The molecule has 0 aliphatic rings. The Bertz CT molecular complexity index is 670. The van der Waals surface area contributed by atoms with Crippen molar-refractivity contribution in [2.45, 2.75) is 20.4 Å². The van der Waals surface area contributed by atoms with Crippen LogP contribution in [0, 0.1) is 13.8 Å². The summed E-state index contributed by atoms with van der Waals surface area (Å²) in [7, 11) is 3.67. The number of benzene rings is 2. The maximum atomic E-state index is 5.49. The van der Waals surface area contributed by atoms with E-state index in [1.165, 1.54) is 11.1 Å². The van der Waals surface area contributed by atoms with Gasteiger partial charge in [-0.2, -0.15) is 0 Å². The highest BCUT2D eigenvalue weighted by Gasteiger charge is 2.10. The van der Waals surface area contributed by atoms with Gasteiger partial charge in [0.05, 0.1) is 7.11 Å². The third-order valence-electron chi connectivity index (χ3n) is 3.46. The van der Waals surface area contributed by atoms with Gasteiger partial charge in [-0.25, -0.2) is 0 Å². The summed E-state index contributed by atoms with van der Waals surface area (Å²) in [4.78, 5) is 2.01. The van der Waals surface area contributed by atoms with Crippen molar-refractivity contribution in [1.29, 1.82) is 0 Å². The number of aryl methyl sites for hydroxylation is 2. The lowest BCUT2D eigenvalue weighted by Gasteiger charge is -2.22. The lowest BCUT2D eigenvalue weighted by atomic mass is 10.1. The molecule has 0 heterocycles. The SMILES string of the molecule is COc1ccc(C)cc1CN(C)C(=S)Nc1cccc(C)c1. The number of nitrogens with one attached hydrogen (secondary N) is 1. The first-order valence-corrected chi connectivity index (χ1v) is 7.62. The lowest BCUT2D eigenvalue weighted by molar-refractivity contribution is 0.399. The first-order valence-electron chi connectivity index (χ1n) is 7.22. The van der Waals surface area contributed by atoms with Crippen LogP contribution in [0.3, 0.4) is 0 Å². The topological polar surface area (TPSA) is 24.5 Å². The highest BCUT2D eigenvalue weighted by Crippen LogP contribution is 2.21. The van der Waals surface area contributed by atoms with Crippen molar-refractivity contribution in [2.75, 3.05) is 19.5 Å². The molecule has 0 bridgehead atoms. The Morgan fingerprint density at radius 3 is 2.55 bits per heavy atom. The monoisotopic (exact) mass is 314 g/mol. The zero-order chi connectivity index (χ0) is 16.1. The molecule has 0 saturated heterocycles. The van der Waals surface area contributed by atoms with Crippen LogP contribution in [0.1, 0.15) is 16.7 Å². The molecule has 4 heteroatoms. The van der Waals surface area contributed by atoms with Gasteiger partial charge in [-0.3, -0.25) is 0 Å². The normalized spacial score (nSPS) is 10.2. The fourth-order valence-electron chi connectivity index (χ4n) is 2.30. The highest BCUT2D eigenvalue weighted by atomic mass is 32.1. The van der Waals surface area contributed by atoms with E-state index in [-0.39, 0.29) is 0 Å². The zero-order valence-electron chi connectivity index (χ0n) is 13.5. The number of ether oxygens (including phenoxy) is 1. The van der Waals surface area contributed by atoms with Crippen molar-refractivity contribution in [3.63, 3.8) is 0 Å². The molecule has 2 aromatic carbocycles. The predicted molar refractivity (Wildman–Crippen MR) is 96.6 cm³/mol. The van der Waals surface area contributed by atoms with Gasteiger partial charge in [0.25, 0.3) is 0 Å². The predicted octanol–water partition coefficient (Wildman–Crippen LogP) is 4.14. The summed E-state index contributed by atoms with van der Waals surface area (Å²) < 4.78 is 5.42. The minimum absolute atomic E-state index is 0.689. The highest BCUT2D eigenvalue weighted by molar-refractivity contribution is 7.80. The van der Waals surface area contributed by atoms with E-state index < -0.39 is 0 Å². The molecule has 1 N–H and O–H groups in total. The smallest absolute Gasteiger partial charge is 0.173 e. The van der Waals surface area contributed by atoms with Crippen molar-refractivity contribution in [3.05, 3.63) is 59.2 Å². The van der Waals surface area contributed by atoms with Crippen molar-refractivity contribution in [3.8, 4) is 5.75 Å². The summed E-state index contributed by atoms with van der Waals surface area (Å²) in [5.41, 5.74) is 4.55. The average Bonchev–Trinajstić information content (AvgIpc) is 2.47. The Kier molecular flexibility index (Phi) is 5.39. The zero-order valence-corrected chi connectivity index (χ0v) is 14.3. The van der Waals surface area contributed by atoms with E-state index in [4.69, 9.17) is 17.0 Å². The van der Waals surface area contributed by atoms with Crippen LogP contribution in [0.4, 0.5) is 5.69 Å². The Labute approximate surface area is 137 Å². The van der Waals surface area contributed by atoms with E-state index in [9.17, 15) is 0 Å². The molecule has 0 radical (unpaired) electrons. The van der Waals surface area contributed by atoms with Gasteiger partial charge in [0.15, 0.2) is 5.11 Å². The van der Waals surface area contributed by atoms with E-state index >= 15 is 0 Å². The van der Waals surface area contributed by atoms with Gasteiger partial charge in [0.2, 0.25) is 0 Å². The van der Waals surface area contributed by atoms with Gasteiger partial charge in [0.1, 0.15) is 5.75 Å². The molecule has 0 unspecified atom stereocenters. The summed E-state index contributed by atoms with van der Waals surface area (Å²) >= 11 is 5.49. The van der Waals surface area contributed by atoms with Crippen molar-refractivity contribution < 1.29 is 4.74 Å². The average molecular weight is 314 g/mol. The maximum absolute atomic E-state index is 5.49. The second kappa shape index (κ2) is 7.27. The van der Waals surface area contributed by atoms with Crippen molar-refractivity contribution in [2.24, 2.45) is 0 Å². The fourth-order valence-corrected chi connectivity index (χ4v) is 2.48. The first-order chi connectivity index (χ1) is 10.5. The lowest BCUT2D eigenvalue weighted by Crippen LogP contribution is -2.30. The van der Waals surface area contributed by atoms with Crippen molar-refractivity contribution in [1.82, 2.24) is 4.90 Å². The van der Waals surface area contributed by atoms with Gasteiger partial charge in [-0.15, -0.1) is 0 Å². The van der Waals surface area contributed by atoms with Crippen LogP contribution in [0.2, 0.25) is 0 Å². The van der Waals surface area contributed by atoms with Gasteiger partial charge in [-0.1, -0.05) is 29.8 Å². The second-order valence-corrected chi connectivity index (χ2v) is 5.86. The first kappa shape index (κ1) is 16.3. The molecular formula is C18H22N2OS. The summed E-state index contributed by atoms with van der Waals surface area (Å²) in [5.74, 6) is 0.885. The number of hydrogen-bond acceptors (Lipinski definition) is 2. The Hall–Kier alpha value is -2.07. The van der Waals surface area contributed by atoms with E-state index in [0.717, 1.165) is 17.0 Å². The quantitative estimate of drug-likeness (QED) is 0.857. The number of hydrogen-bond donors (Lipinski definition) is 1. The standard InChI is InChI=1S/C18H22N2OS/c1-13-6-5-7-16(11-13)19-18(22)20(3)12-15-10-14(2)8-9-17(15)21-4/h5-11H,12H2,1-4H3,(H,19,22). The van der Waals surface area contributed by atoms with E-state index in [1.54, 1.807) is 7.11 Å². The molecule has 0 atom stereocenters. The third-order valence-corrected chi connectivity index (χ3v) is 3.87. The van der Waals surface area contributed by atoms with Gasteiger partial charge >= 0.3 is 0 Å². The summed E-state index contributed by atoms with van der Waals surface area (Å²) in [5, 5.41) is 3.96. The maximum Gasteiger partial charge on any atom is 0.173 e. The molecule has 3 nitrogen and oxygen atoms in total. The third kappa shape index (κ3) is 4.21. The molecular weight excluding hydrogens is 292 g/mol. The van der Waals surface area contributed by atoms with Crippen LogP contribution in [-0.2, 0) is 6.54 Å². The van der Waals surface area contributed by atoms with Gasteiger partial charge in [-0.05, 0) is 49.8 Å². The molecule has 0 amide bonds. The Morgan fingerprint density at radius 1 is 1.14 bits per heavy atom. The molecule has 116 valence electrons. The molecule has 0 aromatic heterocycles. The van der Waals surface area contributed by atoms with E-state index in [1.807, 2.05) is 36.2 Å². The van der Waals surface area contributed by atoms with Gasteiger partial charge < -0.3 is 15.0 Å². The summed E-state index contributed by atoms with van der Waals surface area (Å²) in [6, 6.07) is 14.3. The van der Waals surface area contributed by atoms with E-state index in [2.05, 4.69) is 37.4 Å². The van der Waals surface area contributed by atoms with Crippen LogP contribution >= 0.6 is 12.2 Å².